The average molecular weight is 296 g/mol. The Hall–Kier alpha value is -2.12. The molecule has 2 rings (SSSR count). The number of hydrogen-bond donors (Lipinski definition) is 1. The van der Waals surface area contributed by atoms with Gasteiger partial charge in [-0.2, -0.15) is 5.10 Å². The number of nitrogens with zero attached hydrogens (tertiary/aromatic N) is 4. The van der Waals surface area contributed by atoms with Crippen molar-refractivity contribution in [3.8, 4) is 0 Å². The normalized spacial score (nSPS) is 19.3. The zero-order valence-electron chi connectivity index (χ0n) is 12.3. The van der Waals surface area contributed by atoms with Crippen LogP contribution in [0.2, 0.25) is 0 Å². The minimum atomic E-state index is -0.939. The standard InChI is InChI=1S/C13H20N4O4/c1-3-9-11(17(20)21)12(15(2)14-9)16-8-6-4-5-7-10(16)13(18)19/h10H,3-8H2,1-2H3,(H,18,19). The number of nitro groups is 1. The summed E-state index contributed by atoms with van der Waals surface area (Å²) in [5.74, 6) is -0.628. The maximum Gasteiger partial charge on any atom is 0.334 e. The number of carboxylic acid groups (broad SMARTS) is 1. The molecule has 0 bridgehead atoms. The van der Waals surface area contributed by atoms with Gasteiger partial charge in [-0.1, -0.05) is 19.8 Å². The molecule has 1 fully saturated rings. The molecule has 0 aliphatic carbocycles. The van der Waals surface area contributed by atoms with Crippen LogP contribution in [0.15, 0.2) is 0 Å². The molecule has 1 saturated heterocycles. The van der Waals surface area contributed by atoms with Crippen molar-refractivity contribution in [2.45, 2.75) is 45.1 Å². The van der Waals surface area contributed by atoms with Crippen LogP contribution in [0.4, 0.5) is 11.5 Å². The summed E-state index contributed by atoms with van der Waals surface area (Å²) >= 11 is 0. The van der Waals surface area contributed by atoms with Gasteiger partial charge in [-0.25, -0.2) is 9.48 Å². The second-order valence-corrected chi connectivity index (χ2v) is 5.25. The van der Waals surface area contributed by atoms with Crippen molar-refractivity contribution in [2.24, 2.45) is 7.05 Å². The van der Waals surface area contributed by atoms with Crippen molar-refractivity contribution in [3.05, 3.63) is 15.8 Å². The molecule has 0 saturated carbocycles. The lowest BCUT2D eigenvalue weighted by molar-refractivity contribution is -0.384. The quantitative estimate of drug-likeness (QED) is 0.670. The zero-order valence-corrected chi connectivity index (χ0v) is 12.3. The molecule has 0 radical (unpaired) electrons. The number of carbonyl (C=O) groups is 1. The van der Waals surface area contributed by atoms with E-state index in [1.807, 2.05) is 0 Å². The summed E-state index contributed by atoms with van der Waals surface area (Å²) in [6.45, 7) is 2.30. The molecule has 1 N–H and O–H groups in total. The average Bonchev–Trinajstić information content (AvgIpc) is 2.61. The van der Waals surface area contributed by atoms with Gasteiger partial charge >= 0.3 is 11.7 Å². The third-order valence-electron chi connectivity index (χ3n) is 3.89. The summed E-state index contributed by atoms with van der Waals surface area (Å²) in [4.78, 5) is 24.1. The Morgan fingerprint density at radius 2 is 2.19 bits per heavy atom. The van der Waals surface area contributed by atoms with Gasteiger partial charge in [0.1, 0.15) is 11.7 Å². The molecule has 2 heterocycles. The van der Waals surface area contributed by atoms with Crippen LogP contribution in [0.5, 0.6) is 0 Å². The maximum atomic E-state index is 11.5. The second kappa shape index (κ2) is 6.11. The van der Waals surface area contributed by atoms with E-state index < -0.39 is 16.9 Å². The molecule has 0 spiro atoms. The van der Waals surface area contributed by atoms with Crippen molar-refractivity contribution in [2.75, 3.05) is 11.4 Å². The van der Waals surface area contributed by atoms with Crippen LogP contribution in [0, 0.1) is 10.1 Å². The van der Waals surface area contributed by atoms with Crippen LogP contribution < -0.4 is 4.90 Å². The number of aryl methyl sites for hydroxylation is 2. The molecule has 116 valence electrons. The Kier molecular flexibility index (Phi) is 4.44. The molecular formula is C13H20N4O4. The van der Waals surface area contributed by atoms with Crippen molar-refractivity contribution in [3.63, 3.8) is 0 Å². The van der Waals surface area contributed by atoms with Crippen molar-refractivity contribution in [1.29, 1.82) is 0 Å². The van der Waals surface area contributed by atoms with Gasteiger partial charge in [0.25, 0.3) is 0 Å². The molecule has 8 heteroatoms. The van der Waals surface area contributed by atoms with Gasteiger partial charge in [-0.15, -0.1) is 0 Å². The fourth-order valence-electron chi connectivity index (χ4n) is 2.92. The minimum Gasteiger partial charge on any atom is -0.480 e. The van der Waals surface area contributed by atoms with Gasteiger partial charge in [0.15, 0.2) is 0 Å². The molecule has 21 heavy (non-hydrogen) atoms. The van der Waals surface area contributed by atoms with E-state index in [1.54, 1.807) is 18.9 Å². The lowest BCUT2D eigenvalue weighted by Crippen LogP contribution is -2.42. The number of aliphatic carboxylic acids is 1. The largest absolute Gasteiger partial charge is 0.480 e. The predicted octanol–water partition coefficient (Wildman–Crippen LogP) is 1.72. The first-order valence-electron chi connectivity index (χ1n) is 7.17. The summed E-state index contributed by atoms with van der Waals surface area (Å²) in [6.07, 6.45) is 3.52. The van der Waals surface area contributed by atoms with Crippen LogP contribution in [-0.4, -0.2) is 38.4 Å². The molecule has 1 aromatic rings. The molecule has 8 nitrogen and oxygen atoms in total. The van der Waals surface area contributed by atoms with Crippen molar-refractivity contribution < 1.29 is 14.8 Å². The summed E-state index contributed by atoms with van der Waals surface area (Å²) in [6, 6.07) is -0.730. The summed E-state index contributed by atoms with van der Waals surface area (Å²) in [5.41, 5.74) is 0.332. The number of hydrogen-bond acceptors (Lipinski definition) is 5. The van der Waals surface area contributed by atoms with E-state index >= 15 is 0 Å². The van der Waals surface area contributed by atoms with E-state index in [4.69, 9.17) is 0 Å². The molecular weight excluding hydrogens is 276 g/mol. The molecule has 0 amide bonds. The van der Waals surface area contributed by atoms with E-state index in [0.717, 1.165) is 19.3 Å². The van der Waals surface area contributed by atoms with Crippen molar-refractivity contribution in [1.82, 2.24) is 9.78 Å². The topological polar surface area (TPSA) is 102 Å². The lowest BCUT2D eigenvalue weighted by atomic mass is 10.1. The highest BCUT2D eigenvalue weighted by Gasteiger charge is 2.36. The molecule has 1 unspecified atom stereocenters. The highest BCUT2D eigenvalue weighted by Crippen LogP contribution is 2.35. The maximum absolute atomic E-state index is 11.5. The number of carboxylic acids is 1. The first kappa shape index (κ1) is 15.3. The first-order chi connectivity index (χ1) is 9.97. The third-order valence-corrected chi connectivity index (χ3v) is 3.89. The van der Waals surface area contributed by atoms with Gasteiger partial charge in [0, 0.05) is 13.6 Å². The van der Waals surface area contributed by atoms with E-state index in [9.17, 15) is 20.0 Å². The predicted molar refractivity (Wildman–Crippen MR) is 76.5 cm³/mol. The van der Waals surface area contributed by atoms with Crippen molar-refractivity contribution >= 4 is 17.5 Å². The Labute approximate surface area is 122 Å². The lowest BCUT2D eigenvalue weighted by Gasteiger charge is -2.27. The third kappa shape index (κ3) is 2.84. The Bertz CT molecular complexity index is 555. The SMILES string of the molecule is CCc1nn(C)c(N2CCCCCC2C(=O)O)c1[N+](=O)[O-]. The van der Waals surface area contributed by atoms with Gasteiger partial charge in [0.2, 0.25) is 5.82 Å². The number of rotatable bonds is 4. The van der Waals surface area contributed by atoms with Gasteiger partial charge in [0.05, 0.1) is 4.92 Å². The molecule has 1 aliphatic rings. The van der Waals surface area contributed by atoms with Gasteiger partial charge < -0.3 is 10.0 Å². The summed E-state index contributed by atoms with van der Waals surface area (Å²) in [5, 5.41) is 25.0. The Morgan fingerprint density at radius 3 is 2.76 bits per heavy atom. The van der Waals surface area contributed by atoms with Gasteiger partial charge in [-0.3, -0.25) is 10.1 Å². The first-order valence-corrected chi connectivity index (χ1v) is 7.17. The molecule has 1 aromatic heterocycles. The Morgan fingerprint density at radius 1 is 1.48 bits per heavy atom. The van der Waals surface area contributed by atoms with Crippen LogP contribution >= 0.6 is 0 Å². The number of anilines is 1. The number of aromatic nitrogens is 2. The molecule has 1 aliphatic heterocycles. The summed E-state index contributed by atoms with van der Waals surface area (Å²) < 4.78 is 1.44. The second-order valence-electron chi connectivity index (χ2n) is 5.25. The van der Waals surface area contributed by atoms with E-state index in [-0.39, 0.29) is 5.69 Å². The Balaban J connectivity index is 2.54. The monoisotopic (exact) mass is 296 g/mol. The molecule has 1 atom stereocenters. The zero-order chi connectivity index (χ0) is 15.6. The smallest absolute Gasteiger partial charge is 0.334 e. The van der Waals surface area contributed by atoms with Crippen LogP contribution in [0.3, 0.4) is 0 Å². The molecule has 0 aromatic carbocycles. The van der Waals surface area contributed by atoms with E-state index in [2.05, 4.69) is 5.10 Å². The highest BCUT2D eigenvalue weighted by molar-refractivity contribution is 5.79. The highest BCUT2D eigenvalue weighted by atomic mass is 16.6. The summed E-state index contributed by atoms with van der Waals surface area (Å²) in [7, 11) is 1.63. The van der Waals surface area contributed by atoms with Crippen LogP contribution in [-0.2, 0) is 18.3 Å². The van der Waals surface area contributed by atoms with Gasteiger partial charge in [-0.05, 0) is 19.3 Å². The fraction of sp³-hybridized carbons (Fsp3) is 0.692. The van der Waals surface area contributed by atoms with E-state index in [0.29, 0.717) is 30.9 Å². The fourth-order valence-corrected chi connectivity index (χ4v) is 2.92. The van der Waals surface area contributed by atoms with E-state index in [1.165, 1.54) is 4.68 Å². The van der Waals surface area contributed by atoms with Crippen LogP contribution in [0.1, 0.15) is 38.3 Å². The minimum absolute atomic E-state index is 0.0619. The van der Waals surface area contributed by atoms with Crippen LogP contribution in [0.25, 0.3) is 0 Å².